The highest BCUT2D eigenvalue weighted by molar-refractivity contribution is 6.32. The highest BCUT2D eigenvalue weighted by Crippen LogP contribution is 2.50. The van der Waals surface area contributed by atoms with Gasteiger partial charge in [-0.2, -0.15) is 4.91 Å². The lowest BCUT2D eigenvalue weighted by molar-refractivity contribution is 0.105. The van der Waals surface area contributed by atoms with Crippen molar-refractivity contribution in [1.29, 1.82) is 0 Å². The number of ketones is 1. The van der Waals surface area contributed by atoms with Gasteiger partial charge in [0.25, 0.3) is 0 Å². The van der Waals surface area contributed by atoms with Crippen LogP contribution in [0, 0.1) is 10.7 Å². The van der Waals surface area contributed by atoms with Crippen molar-refractivity contribution < 1.29 is 13.9 Å². The van der Waals surface area contributed by atoms with Gasteiger partial charge < -0.3 is 4.74 Å². The predicted octanol–water partition coefficient (Wildman–Crippen LogP) is 4.84. The minimum atomic E-state index is -0.363. The standard InChI is InChI=1S/C22H20FNO3/c1-22(2)18-12-15(27-9-3-8-24-26)6-7-16(18)21(25)20-17-11-14(23)5-4-13(17)10-19(20)22/h4-7,11-12H,3,8-10H2,1-2H3. The van der Waals surface area contributed by atoms with Crippen LogP contribution in [0.25, 0.3) is 5.57 Å². The highest BCUT2D eigenvalue weighted by Gasteiger charge is 2.42. The first kappa shape index (κ1) is 17.6. The first-order valence-corrected chi connectivity index (χ1v) is 9.07. The molecule has 0 atom stereocenters. The zero-order valence-electron chi connectivity index (χ0n) is 15.3. The first-order valence-electron chi connectivity index (χ1n) is 9.07. The maximum absolute atomic E-state index is 13.8. The zero-order valence-corrected chi connectivity index (χ0v) is 15.3. The summed E-state index contributed by atoms with van der Waals surface area (Å²) < 4.78 is 19.5. The number of rotatable bonds is 5. The Kier molecular flexibility index (Phi) is 4.17. The summed E-state index contributed by atoms with van der Waals surface area (Å²) in [6, 6.07) is 10.2. The van der Waals surface area contributed by atoms with Crippen LogP contribution in [0.1, 0.15) is 47.3 Å². The van der Waals surface area contributed by atoms with E-state index in [0.717, 1.165) is 22.3 Å². The maximum Gasteiger partial charge on any atom is 0.193 e. The van der Waals surface area contributed by atoms with Gasteiger partial charge in [-0.3, -0.25) is 4.79 Å². The van der Waals surface area contributed by atoms with Crippen LogP contribution in [-0.2, 0) is 11.8 Å². The Balaban J connectivity index is 1.73. The summed E-state index contributed by atoms with van der Waals surface area (Å²) in [6.45, 7) is 4.81. The van der Waals surface area contributed by atoms with Gasteiger partial charge >= 0.3 is 0 Å². The molecule has 0 heterocycles. The van der Waals surface area contributed by atoms with E-state index >= 15 is 0 Å². The Labute approximate surface area is 157 Å². The molecule has 0 radical (unpaired) electrons. The van der Waals surface area contributed by atoms with Gasteiger partial charge in [0, 0.05) is 23.0 Å². The van der Waals surface area contributed by atoms with Crippen molar-refractivity contribution in [3.05, 3.63) is 74.9 Å². The molecule has 5 heteroatoms. The number of benzene rings is 2. The quantitative estimate of drug-likeness (QED) is 0.562. The largest absolute Gasteiger partial charge is 0.494 e. The number of hydrogen-bond donors (Lipinski definition) is 0. The lowest BCUT2D eigenvalue weighted by Crippen LogP contribution is -2.29. The fourth-order valence-corrected chi connectivity index (χ4v) is 4.11. The van der Waals surface area contributed by atoms with Gasteiger partial charge in [0.2, 0.25) is 0 Å². The molecule has 0 fully saturated rings. The molecule has 0 aromatic heterocycles. The molecule has 2 aliphatic rings. The minimum absolute atomic E-state index is 0.0552. The van der Waals surface area contributed by atoms with Gasteiger partial charge in [-0.1, -0.05) is 25.1 Å². The second-order valence-corrected chi connectivity index (χ2v) is 7.55. The Morgan fingerprint density at radius 3 is 2.74 bits per heavy atom. The molecule has 4 rings (SSSR count). The molecule has 138 valence electrons. The molecule has 4 nitrogen and oxygen atoms in total. The van der Waals surface area contributed by atoms with Gasteiger partial charge in [-0.25, -0.2) is 4.39 Å². The second-order valence-electron chi connectivity index (χ2n) is 7.55. The molecule has 0 bridgehead atoms. The molecule has 0 amide bonds. The van der Waals surface area contributed by atoms with Crippen LogP contribution < -0.4 is 4.74 Å². The first-order chi connectivity index (χ1) is 12.9. The molecule has 2 aromatic rings. The van der Waals surface area contributed by atoms with Crippen LogP contribution in [0.15, 0.2) is 47.1 Å². The third kappa shape index (κ3) is 2.78. The monoisotopic (exact) mass is 365 g/mol. The van der Waals surface area contributed by atoms with Crippen LogP contribution >= 0.6 is 0 Å². The van der Waals surface area contributed by atoms with Crippen molar-refractivity contribution in [2.24, 2.45) is 5.18 Å². The maximum atomic E-state index is 13.8. The average Bonchev–Trinajstić information content (AvgIpc) is 3.03. The molecule has 2 aromatic carbocycles. The predicted molar refractivity (Wildman–Crippen MR) is 102 cm³/mol. The number of halogens is 1. The third-order valence-corrected chi connectivity index (χ3v) is 5.56. The smallest absolute Gasteiger partial charge is 0.193 e. The molecule has 27 heavy (non-hydrogen) atoms. The van der Waals surface area contributed by atoms with E-state index in [2.05, 4.69) is 19.0 Å². The number of nitroso groups, excluding NO2 is 1. The molecule has 0 unspecified atom stereocenters. The topological polar surface area (TPSA) is 55.7 Å². The Hall–Kier alpha value is -2.82. The molecular weight excluding hydrogens is 345 g/mol. The van der Waals surface area contributed by atoms with Crippen molar-refractivity contribution in [3.63, 3.8) is 0 Å². The van der Waals surface area contributed by atoms with Crippen molar-refractivity contribution in [3.8, 4) is 5.75 Å². The number of nitrogens with zero attached hydrogens (tertiary/aromatic N) is 1. The number of ether oxygens (including phenoxy) is 1. The highest BCUT2D eigenvalue weighted by atomic mass is 19.1. The molecule has 0 N–H and O–H groups in total. The van der Waals surface area contributed by atoms with Gasteiger partial charge in [0.1, 0.15) is 11.6 Å². The fraction of sp³-hybridized carbons (Fsp3) is 0.318. The minimum Gasteiger partial charge on any atom is -0.494 e. The Morgan fingerprint density at radius 1 is 1.15 bits per heavy atom. The van der Waals surface area contributed by atoms with Gasteiger partial charge in [-0.05, 0) is 59.0 Å². The van der Waals surface area contributed by atoms with E-state index in [1.54, 1.807) is 18.2 Å². The van der Waals surface area contributed by atoms with E-state index in [4.69, 9.17) is 4.74 Å². The summed E-state index contributed by atoms with van der Waals surface area (Å²) in [5, 5.41) is 2.82. The Morgan fingerprint density at radius 2 is 1.96 bits per heavy atom. The summed E-state index contributed by atoms with van der Waals surface area (Å²) in [5.41, 5.74) is 4.58. The number of Topliss-reactive ketones (excluding diaryl/α,β-unsaturated/α-hetero) is 1. The van der Waals surface area contributed by atoms with Crippen molar-refractivity contribution in [2.45, 2.75) is 32.1 Å². The summed E-state index contributed by atoms with van der Waals surface area (Å²) in [7, 11) is 0. The van der Waals surface area contributed by atoms with Crippen LogP contribution in [0.3, 0.4) is 0 Å². The number of allylic oxidation sites excluding steroid dienone is 2. The van der Waals surface area contributed by atoms with Crippen LogP contribution in [0.2, 0.25) is 0 Å². The van der Waals surface area contributed by atoms with Crippen molar-refractivity contribution in [1.82, 2.24) is 0 Å². The van der Waals surface area contributed by atoms with E-state index < -0.39 is 0 Å². The molecular formula is C22H20FNO3. The van der Waals surface area contributed by atoms with Crippen molar-refractivity contribution in [2.75, 3.05) is 13.2 Å². The van der Waals surface area contributed by atoms with Crippen LogP contribution in [0.5, 0.6) is 5.75 Å². The summed E-state index contributed by atoms with van der Waals surface area (Å²) in [5.74, 6) is 0.291. The van der Waals surface area contributed by atoms with Crippen molar-refractivity contribution >= 4 is 11.4 Å². The number of carbonyl (C=O) groups excluding carboxylic acids is 1. The van der Waals surface area contributed by atoms with Gasteiger partial charge in [-0.15, -0.1) is 0 Å². The molecule has 0 saturated carbocycles. The molecule has 0 aliphatic heterocycles. The fourth-order valence-electron chi connectivity index (χ4n) is 4.11. The SMILES string of the molecule is CC1(C)C2=C(C(=O)c3ccc(OCCCN=O)cc31)c1cc(F)ccc1C2. The number of fused-ring (bicyclic) bond motifs is 3. The van der Waals surface area contributed by atoms with E-state index in [9.17, 15) is 14.1 Å². The number of carbonyl (C=O) groups is 1. The number of hydrogen-bond acceptors (Lipinski definition) is 4. The van der Waals surface area contributed by atoms with E-state index in [1.165, 1.54) is 12.1 Å². The van der Waals surface area contributed by atoms with Gasteiger partial charge in [0.15, 0.2) is 5.78 Å². The average molecular weight is 365 g/mol. The third-order valence-electron chi connectivity index (χ3n) is 5.56. The Bertz CT molecular complexity index is 991. The van der Waals surface area contributed by atoms with E-state index in [-0.39, 0.29) is 23.6 Å². The zero-order chi connectivity index (χ0) is 19.2. The van der Waals surface area contributed by atoms with Crippen LogP contribution in [-0.4, -0.2) is 18.9 Å². The van der Waals surface area contributed by atoms with E-state index in [1.807, 2.05) is 6.07 Å². The molecule has 0 saturated heterocycles. The summed E-state index contributed by atoms with van der Waals surface area (Å²) in [6.07, 6.45) is 1.21. The molecule has 0 spiro atoms. The van der Waals surface area contributed by atoms with Gasteiger partial charge in [0.05, 0.1) is 13.2 Å². The van der Waals surface area contributed by atoms with E-state index in [0.29, 0.717) is 36.3 Å². The lowest BCUT2D eigenvalue weighted by atomic mass is 9.68. The summed E-state index contributed by atoms with van der Waals surface area (Å²) >= 11 is 0. The molecule has 2 aliphatic carbocycles. The van der Waals surface area contributed by atoms with Crippen LogP contribution in [0.4, 0.5) is 4.39 Å². The lowest BCUT2D eigenvalue weighted by Gasteiger charge is -2.34. The normalized spacial score (nSPS) is 16.6. The summed E-state index contributed by atoms with van der Waals surface area (Å²) in [4.78, 5) is 23.4. The second kappa shape index (κ2) is 6.41.